The van der Waals surface area contributed by atoms with E-state index in [9.17, 15) is 9.59 Å². The Kier molecular flexibility index (Phi) is 8.70. The van der Waals surface area contributed by atoms with Crippen molar-refractivity contribution >= 4 is 29.7 Å². The summed E-state index contributed by atoms with van der Waals surface area (Å²) < 4.78 is 1.63. The normalized spacial score (nSPS) is 9.89. The number of carbonyl (C=O) groups is 1. The number of nitrogens with one attached hydrogen (secondary N) is 2. The summed E-state index contributed by atoms with van der Waals surface area (Å²) in [4.78, 5) is 22.9. The number of thiazole rings is 1. The van der Waals surface area contributed by atoms with Gasteiger partial charge in [0.2, 0.25) is 5.91 Å². The molecule has 0 aliphatic heterocycles. The third-order valence-electron chi connectivity index (χ3n) is 2.41. The average molecular weight is 294 g/mol. The predicted molar refractivity (Wildman–Crippen MR) is 76.7 cm³/mol. The molecule has 1 amide bonds. The monoisotopic (exact) mass is 293 g/mol. The smallest absolute Gasteiger partial charge is 0.307 e. The lowest BCUT2D eigenvalue weighted by molar-refractivity contribution is -0.121. The van der Waals surface area contributed by atoms with Gasteiger partial charge in [0, 0.05) is 37.1 Å². The van der Waals surface area contributed by atoms with Gasteiger partial charge in [0.05, 0.1) is 0 Å². The van der Waals surface area contributed by atoms with Crippen LogP contribution in [0.3, 0.4) is 0 Å². The minimum atomic E-state index is -0.0135. The van der Waals surface area contributed by atoms with Crippen molar-refractivity contribution in [2.24, 2.45) is 0 Å². The maximum absolute atomic E-state index is 11.5. The number of likely N-dealkylation sites (N-methyl/N-ethyl adjacent to an activating group) is 1. The highest BCUT2D eigenvalue weighted by molar-refractivity contribution is 7.07. The molecule has 0 bridgehead atoms. The van der Waals surface area contributed by atoms with Gasteiger partial charge in [0.25, 0.3) is 0 Å². The van der Waals surface area contributed by atoms with Crippen molar-refractivity contribution in [2.75, 3.05) is 19.6 Å². The first-order chi connectivity index (χ1) is 8.15. The van der Waals surface area contributed by atoms with E-state index in [4.69, 9.17) is 0 Å². The Morgan fingerprint density at radius 1 is 1.44 bits per heavy atom. The van der Waals surface area contributed by atoms with Crippen molar-refractivity contribution in [2.45, 2.75) is 26.8 Å². The Bertz CT molecular complexity index is 417. The second-order valence-corrected chi connectivity index (χ2v) is 4.57. The van der Waals surface area contributed by atoms with Crippen LogP contribution in [0.5, 0.6) is 0 Å². The van der Waals surface area contributed by atoms with Gasteiger partial charge in [-0.05, 0) is 13.5 Å². The van der Waals surface area contributed by atoms with E-state index in [-0.39, 0.29) is 23.2 Å². The van der Waals surface area contributed by atoms with E-state index < -0.39 is 0 Å². The molecular weight excluding hydrogens is 274 g/mol. The molecule has 1 heterocycles. The molecule has 0 aromatic carbocycles. The lowest BCUT2D eigenvalue weighted by atomic mass is 10.3. The van der Waals surface area contributed by atoms with Crippen molar-refractivity contribution in [1.29, 1.82) is 0 Å². The number of nitrogens with zero attached hydrogens (tertiary/aromatic N) is 1. The van der Waals surface area contributed by atoms with Gasteiger partial charge in [0.15, 0.2) is 0 Å². The lowest BCUT2D eigenvalue weighted by Gasteiger charge is -2.06. The van der Waals surface area contributed by atoms with Crippen LogP contribution in [0.15, 0.2) is 10.2 Å². The van der Waals surface area contributed by atoms with E-state index in [0.717, 1.165) is 18.8 Å². The third kappa shape index (κ3) is 5.66. The molecule has 2 N–H and O–H groups in total. The first-order valence-corrected chi connectivity index (χ1v) is 6.65. The van der Waals surface area contributed by atoms with Gasteiger partial charge in [-0.2, -0.15) is 0 Å². The highest BCUT2D eigenvalue weighted by Gasteiger charge is 2.05. The molecule has 7 heteroatoms. The Hall–Kier alpha value is -0.850. The lowest BCUT2D eigenvalue weighted by Crippen LogP contribution is -2.32. The van der Waals surface area contributed by atoms with Crippen LogP contribution in [0, 0.1) is 6.92 Å². The van der Waals surface area contributed by atoms with E-state index in [1.807, 2.05) is 19.2 Å². The fraction of sp³-hybridized carbons (Fsp3) is 0.636. The molecule has 1 aromatic rings. The summed E-state index contributed by atoms with van der Waals surface area (Å²) in [6, 6.07) is 0. The second kappa shape index (κ2) is 9.13. The van der Waals surface area contributed by atoms with Crippen LogP contribution in [-0.2, 0) is 11.3 Å². The van der Waals surface area contributed by atoms with Crippen LogP contribution >= 0.6 is 23.7 Å². The first kappa shape index (κ1) is 17.2. The van der Waals surface area contributed by atoms with Gasteiger partial charge in [-0.1, -0.05) is 18.3 Å². The van der Waals surface area contributed by atoms with E-state index in [0.29, 0.717) is 19.5 Å². The molecule has 5 nitrogen and oxygen atoms in total. The topological polar surface area (TPSA) is 63.1 Å². The molecule has 104 valence electrons. The molecule has 1 rings (SSSR count). The molecular formula is C11H20ClN3O2S. The SMILES string of the molecule is CCNCCNC(=O)CCn1c(C)csc1=O.Cl. The van der Waals surface area contributed by atoms with E-state index >= 15 is 0 Å². The highest BCUT2D eigenvalue weighted by atomic mass is 35.5. The summed E-state index contributed by atoms with van der Waals surface area (Å²) in [5, 5.41) is 7.74. The van der Waals surface area contributed by atoms with Crippen LogP contribution in [0.4, 0.5) is 0 Å². The maximum Gasteiger partial charge on any atom is 0.307 e. The van der Waals surface area contributed by atoms with Gasteiger partial charge >= 0.3 is 4.87 Å². The van der Waals surface area contributed by atoms with Crippen molar-refractivity contribution in [1.82, 2.24) is 15.2 Å². The van der Waals surface area contributed by atoms with Crippen molar-refractivity contribution in [3.05, 3.63) is 20.7 Å². The van der Waals surface area contributed by atoms with Gasteiger partial charge in [-0.25, -0.2) is 0 Å². The Morgan fingerprint density at radius 3 is 2.72 bits per heavy atom. The minimum absolute atomic E-state index is 0. The van der Waals surface area contributed by atoms with Crippen LogP contribution in [0.2, 0.25) is 0 Å². The first-order valence-electron chi connectivity index (χ1n) is 5.77. The molecule has 1 aromatic heterocycles. The highest BCUT2D eigenvalue weighted by Crippen LogP contribution is 2.00. The summed E-state index contributed by atoms with van der Waals surface area (Å²) in [6.45, 7) is 6.67. The van der Waals surface area contributed by atoms with Crippen LogP contribution in [0.25, 0.3) is 0 Å². The number of halogens is 1. The standard InChI is InChI=1S/C11H19N3O2S.ClH/c1-3-12-5-6-13-10(15)4-7-14-9(2)8-17-11(14)16;/h8,12H,3-7H2,1-2H3,(H,13,15);1H. The average Bonchev–Trinajstić information content (AvgIpc) is 2.62. The van der Waals surface area contributed by atoms with Crippen LogP contribution < -0.4 is 15.5 Å². The molecule has 0 atom stereocenters. The zero-order valence-electron chi connectivity index (χ0n) is 10.7. The Labute approximate surface area is 117 Å². The number of amides is 1. The second-order valence-electron chi connectivity index (χ2n) is 3.75. The number of hydrogen-bond acceptors (Lipinski definition) is 4. The molecule has 0 aliphatic carbocycles. The largest absolute Gasteiger partial charge is 0.355 e. The molecule has 0 saturated carbocycles. The van der Waals surface area contributed by atoms with Crippen molar-refractivity contribution in [3.8, 4) is 0 Å². The molecule has 0 aliphatic rings. The van der Waals surface area contributed by atoms with Gasteiger partial charge in [-0.15, -0.1) is 12.4 Å². The molecule has 0 spiro atoms. The number of carbonyl (C=O) groups excluding carboxylic acids is 1. The minimum Gasteiger partial charge on any atom is -0.355 e. The zero-order valence-corrected chi connectivity index (χ0v) is 12.3. The number of aromatic nitrogens is 1. The molecule has 18 heavy (non-hydrogen) atoms. The molecule has 0 radical (unpaired) electrons. The summed E-state index contributed by atoms with van der Waals surface area (Å²) in [6.07, 6.45) is 0.351. The van der Waals surface area contributed by atoms with Crippen LogP contribution in [-0.4, -0.2) is 30.1 Å². The number of rotatable bonds is 7. The van der Waals surface area contributed by atoms with Gasteiger partial charge < -0.3 is 15.2 Å². The summed E-state index contributed by atoms with van der Waals surface area (Å²) in [5.74, 6) is -0.0135. The van der Waals surface area contributed by atoms with Gasteiger partial charge in [-0.3, -0.25) is 9.59 Å². The molecule has 0 fully saturated rings. The van der Waals surface area contributed by atoms with Gasteiger partial charge in [0.1, 0.15) is 0 Å². The Balaban J connectivity index is 0.00000289. The zero-order chi connectivity index (χ0) is 12.7. The fourth-order valence-electron chi connectivity index (χ4n) is 1.44. The summed E-state index contributed by atoms with van der Waals surface area (Å²) in [7, 11) is 0. The molecule has 0 unspecified atom stereocenters. The summed E-state index contributed by atoms with van der Waals surface area (Å²) in [5.41, 5.74) is 0.917. The summed E-state index contributed by atoms with van der Waals surface area (Å²) >= 11 is 1.17. The molecule has 0 saturated heterocycles. The van der Waals surface area contributed by atoms with E-state index in [1.54, 1.807) is 4.57 Å². The maximum atomic E-state index is 11.5. The van der Waals surface area contributed by atoms with E-state index in [1.165, 1.54) is 11.3 Å². The van der Waals surface area contributed by atoms with Crippen LogP contribution in [0.1, 0.15) is 19.0 Å². The Morgan fingerprint density at radius 2 is 2.17 bits per heavy atom. The number of hydrogen-bond donors (Lipinski definition) is 2. The fourth-order valence-corrected chi connectivity index (χ4v) is 2.20. The van der Waals surface area contributed by atoms with Crippen molar-refractivity contribution in [3.63, 3.8) is 0 Å². The quantitative estimate of drug-likeness (QED) is 0.730. The van der Waals surface area contributed by atoms with Crippen molar-refractivity contribution < 1.29 is 4.79 Å². The third-order valence-corrected chi connectivity index (χ3v) is 3.29. The predicted octanol–water partition coefficient (Wildman–Crippen LogP) is 0.756. The van der Waals surface area contributed by atoms with E-state index in [2.05, 4.69) is 10.6 Å². The number of aryl methyl sites for hydroxylation is 1.